The molecule has 1 aromatic heterocycles. The summed E-state index contributed by atoms with van der Waals surface area (Å²) in [5.74, 6) is 0.656. The van der Waals surface area contributed by atoms with Crippen molar-refractivity contribution in [3.8, 4) is 0 Å². The Labute approximate surface area is 119 Å². The first kappa shape index (κ1) is 15.5. The Balaban J connectivity index is 0.00000162. The van der Waals surface area contributed by atoms with Gasteiger partial charge in [0.2, 0.25) is 0 Å². The standard InChI is InChI=1S/C13H20N2OS.ClH/c1-3-10-5-7-17-12(10)13(16)15-6-4-11(8-15)9(2)14;/h5,7,9,11H,3-4,6,8,14H2,1-2H3;1H. The summed E-state index contributed by atoms with van der Waals surface area (Å²) in [7, 11) is 0. The first-order valence-corrected chi connectivity index (χ1v) is 7.12. The number of nitrogens with two attached hydrogens (primary N) is 1. The van der Waals surface area contributed by atoms with Crippen LogP contribution in [0.3, 0.4) is 0 Å². The zero-order valence-electron chi connectivity index (χ0n) is 10.9. The normalized spacial score (nSPS) is 20.6. The van der Waals surface area contributed by atoms with Gasteiger partial charge in [0.1, 0.15) is 0 Å². The molecule has 102 valence electrons. The minimum atomic E-state index is 0. The average Bonchev–Trinajstić information content (AvgIpc) is 2.96. The van der Waals surface area contributed by atoms with E-state index in [1.807, 2.05) is 17.2 Å². The van der Waals surface area contributed by atoms with E-state index in [9.17, 15) is 4.79 Å². The van der Waals surface area contributed by atoms with Crippen molar-refractivity contribution in [3.05, 3.63) is 21.9 Å². The van der Waals surface area contributed by atoms with Gasteiger partial charge in [0.15, 0.2) is 0 Å². The Morgan fingerprint density at radius 1 is 1.67 bits per heavy atom. The lowest BCUT2D eigenvalue weighted by molar-refractivity contribution is 0.0790. The lowest BCUT2D eigenvalue weighted by Gasteiger charge is -2.18. The van der Waals surface area contributed by atoms with Crippen LogP contribution in [0.2, 0.25) is 0 Å². The second-order valence-electron chi connectivity index (χ2n) is 4.79. The Morgan fingerprint density at radius 2 is 2.39 bits per heavy atom. The SMILES string of the molecule is CCc1ccsc1C(=O)N1CCC(C(C)N)C1.Cl. The number of halogens is 1. The minimum Gasteiger partial charge on any atom is -0.338 e. The third-order valence-electron chi connectivity index (χ3n) is 3.58. The molecule has 2 heterocycles. The van der Waals surface area contributed by atoms with Crippen LogP contribution in [0.1, 0.15) is 35.5 Å². The van der Waals surface area contributed by atoms with Gasteiger partial charge in [-0.25, -0.2) is 0 Å². The lowest BCUT2D eigenvalue weighted by atomic mass is 10.0. The molecule has 0 spiro atoms. The predicted molar refractivity (Wildman–Crippen MR) is 78.6 cm³/mol. The maximum atomic E-state index is 12.4. The summed E-state index contributed by atoms with van der Waals surface area (Å²) in [4.78, 5) is 15.2. The zero-order chi connectivity index (χ0) is 12.4. The molecule has 5 heteroatoms. The first-order chi connectivity index (χ1) is 8.13. The number of amides is 1. The van der Waals surface area contributed by atoms with E-state index in [0.717, 1.165) is 30.8 Å². The van der Waals surface area contributed by atoms with Gasteiger partial charge in [-0.05, 0) is 42.7 Å². The first-order valence-electron chi connectivity index (χ1n) is 6.24. The number of carbonyl (C=O) groups excluding carboxylic acids is 1. The monoisotopic (exact) mass is 288 g/mol. The number of rotatable bonds is 3. The Kier molecular flexibility index (Phi) is 5.63. The molecule has 2 N–H and O–H groups in total. The summed E-state index contributed by atoms with van der Waals surface area (Å²) in [6.45, 7) is 5.79. The van der Waals surface area contributed by atoms with Crippen molar-refractivity contribution in [1.82, 2.24) is 4.90 Å². The van der Waals surface area contributed by atoms with E-state index in [1.165, 1.54) is 5.56 Å². The molecular weight excluding hydrogens is 268 g/mol. The highest BCUT2D eigenvalue weighted by molar-refractivity contribution is 7.12. The largest absolute Gasteiger partial charge is 0.338 e. The number of likely N-dealkylation sites (tertiary alicyclic amines) is 1. The molecule has 1 aliphatic rings. The molecule has 2 atom stereocenters. The van der Waals surface area contributed by atoms with Crippen molar-refractivity contribution < 1.29 is 4.79 Å². The smallest absolute Gasteiger partial charge is 0.264 e. The van der Waals surface area contributed by atoms with Crippen LogP contribution < -0.4 is 5.73 Å². The highest BCUT2D eigenvalue weighted by Gasteiger charge is 2.30. The number of nitrogens with zero attached hydrogens (tertiary/aromatic N) is 1. The second-order valence-corrected chi connectivity index (χ2v) is 5.70. The van der Waals surface area contributed by atoms with Gasteiger partial charge >= 0.3 is 0 Å². The van der Waals surface area contributed by atoms with Crippen molar-refractivity contribution in [2.45, 2.75) is 32.7 Å². The summed E-state index contributed by atoms with van der Waals surface area (Å²) in [5.41, 5.74) is 7.07. The summed E-state index contributed by atoms with van der Waals surface area (Å²) < 4.78 is 0. The predicted octanol–water partition coefficient (Wildman–Crippen LogP) is 2.54. The number of hydrogen-bond donors (Lipinski definition) is 1. The number of carbonyl (C=O) groups is 1. The summed E-state index contributed by atoms with van der Waals surface area (Å²) in [6.07, 6.45) is 1.96. The Hall–Kier alpha value is -0.580. The summed E-state index contributed by atoms with van der Waals surface area (Å²) in [5, 5.41) is 2.01. The van der Waals surface area contributed by atoms with E-state index in [1.54, 1.807) is 11.3 Å². The van der Waals surface area contributed by atoms with E-state index in [-0.39, 0.29) is 24.4 Å². The molecule has 1 saturated heterocycles. The van der Waals surface area contributed by atoms with Crippen LogP contribution in [0.5, 0.6) is 0 Å². The average molecular weight is 289 g/mol. The molecule has 0 bridgehead atoms. The Bertz CT molecular complexity index is 405. The van der Waals surface area contributed by atoms with Gasteiger partial charge in [-0.3, -0.25) is 4.79 Å². The molecule has 18 heavy (non-hydrogen) atoms. The second kappa shape index (κ2) is 6.55. The summed E-state index contributed by atoms with van der Waals surface area (Å²) >= 11 is 1.56. The van der Waals surface area contributed by atoms with Gasteiger partial charge in [0, 0.05) is 19.1 Å². The van der Waals surface area contributed by atoms with Crippen molar-refractivity contribution in [2.75, 3.05) is 13.1 Å². The molecule has 0 saturated carbocycles. The van der Waals surface area contributed by atoms with Gasteiger partial charge in [-0.2, -0.15) is 0 Å². The van der Waals surface area contributed by atoms with Crippen LogP contribution in [-0.2, 0) is 6.42 Å². The van der Waals surface area contributed by atoms with Crippen LogP contribution in [-0.4, -0.2) is 29.9 Å². The third kappa shape index (κ3) is 3.05. The van der Waals surface area contributed by atoms with Crippen LogP contribution in [0.4, 0.5) is 0 Å². The molecule has 0 radical (unpaired) electrons. The Morgan fingerprint density at radius 3 is 2.94 bits per heavy atom. The topological polar surface area (TPSA) is 46.3 Å². The lowest BCUT2D eigenvalue weighted by Crippen LogP contribution is -2.32. The van der Waals surface area contributed by atoms with Crippen molar-refractivity contribution in [3.63, 3.8) is 0 Å². The number of hydrogen-bond acceptors (Lipinski definition) is 3. The molecule has 1 aliphatic heterocycles. The molecule has 1 amide bonds. The van der Waals surface area contributed by atoms with Crippen LogP contribution in [0.25, 0.3) is 0 Å². The van der Waals surface area contributed by atoms with Gasteiger partial charge in [0.25, 0.3) is 5.91 Å². The van der Waals surface area contributed by atoms with E-state index in [4.69, 9.17) is 5.73 Å². The quantitative estimate of drug-likeness (QED) is 0.929. The fraction of sp³-hybridized carbons (Fsp3) is 0.615. The summed E-state index contributed by atoms with van der Waals surface area (Å²) in [6, 6.07) is 2.23. The molecule has 2 unspecified atom stereocenters. The van der Waals surface area contributed by atoms with E-state index >= 15 is 0 Å². The van der Waals surface area contributed by atoms with Gasteiger partial charge in [-0.1, -0.05) is 6.92 Å². The van der Waals surface area contributed by atoms with Gasteiger partial charge < -0.3 is 10.6 Å². The fourth-order valence-electron chi connectivity index (χ4n) is 2.35. The maximum Gasteiger partial charge on any atom is 0.264 e. The fourth-order valence-corrected chi connectivity index (χ4v) is 3.31. The number of aryl methyl sites for hydroxylation is 1. The van der Waals surface area contributed by atoms with Crippen molar-refractivity contribution in [2.24, 2.45) is 11.7 Å². The van der Waals surface area contributed by atoms with Crippen LogP contribution in [0, 0.1) is 5.92 Å². The van der Waals surface area contributed by atoms with Gasteiger partial charge in [0.05, 0.1) is 4.88 Å². The highest BCUT2D eigenvalue weighted by atomic mass is 35.5. The van der Waals surface area contributed by atoms with E-state index in [2.05, 4.69) is 13.0 Å². The molecule has 3 nitrogen and oxygen atoms in total. The van der Waals surface area contributed by atoms with Crippen molar-refractivity contribution in [1.29, 1.82) is 0 Å². The molecule has 0 aromatic carbocycles. The van der Waals surface area contributed by atoms with Crippen LogP contribution >= 0.6 is 23.7 Å². The maximum absolute atomic E-state index is 12.4. The molecule has 2 rings (SSSR count). The highest BCUT2D eigenvalue weighted by Crippen LogP contribution is 2.24. The molecule has 1 fully saturated rings. The minimum absolute atomic E-state index is 0. The third-order valence-corrected chi connectivity index (χ3v) is 4.52. The van der Waals surface area contributed by atoms with Crippen molar-refractivity contribution >= 4 is 29.7 Å². The zero-order valence-corrected chi connectivity index (χ0v) is 12.5. The van der Waals surface area contributed by atoms with E-state index in [0.29, 0.717) is 5.92 Å². The molecule has 0 aliphatic carbocycles. The van der Waals surface area contributed by atoms with Crippen LogP contribution in [0.15, 0.2) is 11.4 Å². The molecular formula is C13H21ClN2OS. The number of thiophene rings is 1. The van der Waals surface area contributed by atoms with E-state index < -0.39 is 0 Å². The molecule has 1 aromatic rings. The van der Waals surface area contributed by atoms with Gasteiger partial charge in [-0.15, -0.1) is 23.7 Å².